The summed E-state index contributed by atoms with van der Waals surface area (Å²) in [6.07, 6.45) is 0. The average Bonchev–Trinajstić information content (AvgIpc) is 2.31. The topological polar surface area (TPSA) is 37.4 Å². The summed E-state index contributed by atoms with van der Waals surface area (Å²) in [6, 6.07) is 3.91. The van der Waals surface area contributed by atoms with Gasteiger partial charge in [0, 0.05) is 28.1 Å². The number of rotatable bonds is 2. The zero-order valence-corrected chi connectivity index (χ0v) is 13.9. The van der Waals surface area contributed by atoms with Crippen LogP contribution in [0.5, 0.6) is 0 Å². The van der Waals surface area contributed by atoms with Crippen LogP contribution >= 0.6 is 27.7 Å². The Balaban J connectivity index is 2.41. The fraction of sp³-hybridized carbons (Fsp3) is 0.500. The molecule has 2 rings (SSSR count). The van der Waals surface area contributed by atoms with Crippen LogP contribution in [0, 0.1) is 5.82 Å². The van der Waals surface area contributed by atoms with Gasteiger partial charge in [-0.2, -0.15) is 16.1 Å². The number of nitrogens with zero attached hydrogens (tertiary/aromatic N) is 1. The molecule has 106 valence electrons. The Labute approximate surface area is 125 Å². The van der Waals surface area contributed by atoms with E-state index >= 15 is 0 Å². The summed E-state index contributed by atoms with van der Waals surface area (Å²) in [6.45, 7) is 4.29. The third-order valence-corrected chi connectivity index (χ3v) is 7.16. The second-order valence-corrected chi connectivity index (χ2v) is 8.77. The van der Waals surface area contributed by atoms with Gasteiger partial charge >= 0.3 is 0 Å². The first-order chi connectivity index (χ1) is 8.84. The van der Waals surface area contributed by atoms with E-state index in [0.29, 0.717) is 11.0 Å². The predicted octanol–water partition coefficient (Wildman–Crippen LogP) is 3.10. The number of halogens is 2. The first-order valence-electron chi connectivity index (χ1n) is 5.92. The van der Waals surface area contributed by atoms with E-state index in [4.69, 9.17) is 0 Å². The molecule has 2 atom stereocenters. The molecular weight excluding hydrogens is 353 g/mol. The molecule has 0 saturated carbocycles. The Morgan fingerprint density at radius 2 is 2.11 bits per heavy atom. The molecule has 0 bridgehead atoms. The smallest absolute Gasteiger partial charge is 0.207 e. The van der Waals surface area contributed by atoms with Crippen molar-refractivity contribution >= 4 is 37.7 Å². The van der Waals surface area contributed by atoms with Crippen LogP contribution in [-0.2, 0) is 10.0 Å². The summed E-state index contributed by atoms with van der Waals surface area (Å²) in [5, 5.41) is 0.210. The maximum absolute atomic E-state index is 13.9. The summed E-state index contributed by atoms with van der Waals surface area (Å²) in [4.78, 5) is -0.248. The highest BCUT2D eigenvalue weighted by molar-refractivity contribution is 9.10. The number of hydrogen-bond acceptors (Lipinski definition) is 3. The van der Waals surface area contributed by atoms with Crippen molar-refractivity contribution in [2.75, 3.05) is 12.3 Å². The standard InChI is InChI=1S/C12H15BrFNO2S2/c1-8-9(2)18-6-5-15(8)19(16,17)12-4-3-10(13)7-11(12)14/h3-4,7-9H,5-6H2,1-2H3. The second kappa shape index (κ2) is 5.71. The van der Waals surface area contributed by atoms with Crippen LogP contribution in [0.4, 0.5) is 4.39 Å². The predicted molar refractivity (Wildman–Crippen MR) is 79.4 cm³/mol. The highest BCUT2D eigenvalue weighted by Gasteiger charge is 2.36. The fourth-order valence-corrected chi connectivity index (χ4v) is 5.43. The maximum atomic E-state index is 13.9. The summed E-state index contributed by atoms with van der Waals surface area (Å²) in [7, 11) is -3.77. The Morgan fingerprint density at radius 1 is 1.42 bits per heavy atom. The van der Waals surface area contributed by atoms with Gasteiger partial charge in [-0.25, -0.2) is 12.8 Å². The quantitative estimate of drug-likeness (QED) is 0.805. The minimum atomic E-state index is -3.77. The molecule has 2 unspecified atom stereocenters. The average molecular weight is 368 g/mol. The summed E-state index contributed by atoms with van der Waals surface area (Å²) < 4.78 is 40.9. The van der Waals surface area contributed by atoms with Gasteiger partial charge in [0.25, 0.3) is 0 Å². The third-order valence-electron chi connectivity index (χ3n) is 3.31. The van der Waals surface area contributed by atoms with Gasteiger partial charge in [-0.05, 0) is 25.1 Å². The van der Waals surface area contributed by atoms with Crippen LogP contribution in [0.15, 0.2) is 27.6 Å². The van der Waals surface area contributed by atoms with E-state index in [2.05, 4.69) is 15.9 Å². The van der Waals surface area contributed by atoms with E-state index in [9.17, 15) is 12.8 Å². The molecule has 1 aromatic rings. The third kappa shape index (κ3) is 2.99. The van der Waals surface area contributed by atoms with Crippen molar-refractivity contribution in [1.82, 2.24) is 4.31 Å². The molecule has 3 nitrogen and oxygen atoms in total. The van der Waals surface area contributed by atoms with Crippen LogP contribution in [0.3, 0.4) is 0 Å². The molecule has 0 spiro atoms. The molecule has 0 N–H and O–H groups in total. The molecule has 1 aliphatic heterocycles. The summed E-state index contributed by atoms with van der Waals surface area (Å²) >= 11 is 4.87. The van der Waals surface area contributed by atoms with E-state index in [1.54, 1.807) is 17.8 Å². The highest BCUT2D eigenvalue weighted by Crippen LogP contribution is 2.30. The molecule has 0 aromatic heterocycles. The molecule has 7 heteroatoms. The lowest BCUT2D eigenvalue weighted by Gasteiger charge is -2.36. The Hall–Kier alpha value is -0.110. The van der Waals surface area contributed by atoms with Crippen LogP contribution in [0.25, 0.3) is 0 Å². The van der Waals surface area contributed by atoms with Crippen molar-refractivity contribution in [3.8, 4) is 0 Å². The molecule has 0 radical (unpaired) electrons. The monoisotopic (exact) mass is 367 g/mol. The minimum absolute atomic E-state index is 0.133. The first-order valence-corrected chi connectivity index (χ1v) is 9.20. The largest absolute Gasteiger partial charge is 0.246 e. The maximum Gasteiger partial charge on any atom is 0.246 e. The lowest BCUT2D eigenvalue weighted by molar-refractivity contribution is 0.338. The molecule has 19 heavy (non-hydrogen) atoms. The van der Waals surface area contributed by atoms with Gasteiger partial charge in [0.05, 0.1) is 0 Å². The van der Waals surface area contributed by atoms with Crippen molar-refractivity contribution in [3.63, 3.8) is 0 Å². The van der Waals surface area contributed by atoms with Gasteiger partial charge in [0.15, 0.2) is 0 Å². The molecule has 1 fully saturated rings. The van der Waals surface area contributed by atoms with Gasteiger partial charge in [-0.3, -0.25) is 0 Å². The fourth-order valence-electron chi connectivity index (χ4n) is 2.06. The number of thioether (sulfide) groups is 1. The van der Waals surface area contributed by atoms with E-state index in [0.717, 1.165) is 5.75 Å². The van der Waals surface area contributed by atoms with E-state index in [1.165, 1.54) is 16.4 Å². The van der Waals surface area contributed by atoms with Gasteiger partial charge in [-0.1, -0.05) is 22.9 Å². The molecule has 1 heterocycles. The molecule has 1 saturated heterocycles. The lowest BCUT2D eigenvalue weighted by atomic mass is 10.2. The zero-order valence-electron chi connectivity index (χ0n) is 10.6. The van der Waals surface area contributed by atoms with Crippen LogP contribution < -0.4 is 0 Å². The van der Waals surface area contributed by atoms with Crippen molar-refractivity contribution < 1.29 is 12.8 Å². The SMILES string of the molecule is CC1SCCN(S(=O)(=O)c2ccc(Br)cc2F)C1C. The summed E-state index contributed by atoms with van der Waals surface area (Å²) in [5.74, 6) is 0.0237. The van der Waals surface area contributed by atoms with Crippen LogP contribution in [-0.4, -0.2) is 36.3 Å². The van der Waals surface area contributed by atoms with Gasteiger partial charge in [-0.15, -0.1) is 0 Å². The van der Waals surface area contributed by atoms with E-state index in [1.807, 2.05) is 13.8 Å². The minimum Gasteiger partial charge on any atom is -0.207 e. The second-order valence-electron chi connectivity index (χ2n) is 4.51. The molecule has 1 aromatic carbocycles. The Kier molecular flexibility index (Phi) is 4.59. The lowest BCUT2D eigenvalue weighted by Crippen LogP contribution is -2.47. The first kappa shape index (κ1) is 15.3. The Morgan fingerprint density at radius 3 is 2.74 bits per heavy atom. The normalized spacial score (nSPS) is 25.5. The highest BCUT2D eigenvalue weighted by atomic mass is 79.9. The van der Waals surface area contributed by atoms with Crippen molar-refractivity contribution in [3.05, 3.63) is 28.5 Å². The van der Waals surface area contributed by atoms with Crippen LogP contribution in [0.1, 0.15) is 13.8 Å². The molecular formula is C12H15BrFNO2S2. The van der Waals surface area contributed by atoms with Crippen LogP contribution in [0.2, 0.25) is 0 Å². The number of benzene rings is 1. The number of hydrogen-bond donors (Lipinski definition) is 0. The van der Waals surface area contributed by atoms with Crippen molar-refractivity contribution in [2.45, 2.75) is 30.0 Å². The van der Waals surface area contributed by atoms with Gasteiger partial charge in [0.1, 0.15) is 10.7 Å². The molecule has 0 amide bonds. The van der Waals surface area contributed by atoms with Crippen molar-refractivity contribution in [2.24, 2.45) is 0 Å². The summed E-state index contributed by atoms with van der Waals surface area (Å²) in [5.41, 5.74) is 0. The van der Waals surface area contributed by atoms with E-state index < -0.39 is 15.8 Å². The molecule has 0 aliphatic carbocycles. The van der Waals surface area contributed by atoms with Gasteiger partial charge in [0.2, 0.25) is 10.0 Å². The number of sulfonamides is 1. The zero-order chi connectivity index (χ0) is 14.2. The van der Waals surface area contributed by atoms with E-state index in [-0.39, 0.29) is 16.2 Å². The molecule has 1 aliphatic rings. The Bertz CT molecular complexity index is 579. The van der Waals surface area contributed by atoms with Gasteiger partial charge < -0.3 is 0 Å². The van der Waals surface area contributed by atoms with Crippen molar-refractivity contribution in [1.29, 1.82) is 0 Å².